The quantitative estimate of drug-likeness (QED) is 0.586. The smallest absolute Gasteiger partial charge is 0.338 e. The molecule has 0 spiro atoms. The first-order valence-electron chi connectivity index (χ1n) is 10.4. The van der Waals surface area contributed by atoms with Gasteiger partial charge in [-0.25, -0.2) is 14.2 Å². The van der Waals surface area contributed by atoms with Gasteiger partial charge in [0.25, 0.3) is 0 Å². The van der Waals surface area contributed by atoms with Crippen LogP contribution in [0.2, 0.25) is 0 Å². The predicted molar refractivity (Wildman–Crippen MR) is 118 cm³/mol. The zero-order valence-corrected chi connectivity index (χ0v) is 18.7. The van der Waals surface area contributed by atoms with E-state index in [1.165, 1.54) is 23.5 Å². The number of carbonyl (C=O) groups is 2. The van der Waals surface area contributed by atoms with Gasteiger partial charge in [0.2, 0.25) is 0 Å². The molecular formula is C22H23FN4O5S. The van der Waals surface area contributed by atoms with Crippen LogP contribution in [0.25, 0.3) is 0 Å². The number of morpholine rings is 1. The van der Waals surface area contributed by atoms with Crippen molar-refractivity contribution < 1.29 is 28.6 Å². The van der Waals surface area contributed by atoms with Crippen LogP contribution in [-0.4, -0.2) is 71.7 Å². The van der Waals surface area contributed by atoms with E-state index in [1.807, 2.05) is 0 Å². The number of benzene rings is 1. The van der Waals surface area contributed by atoms with E-state index in [2.05, 4.69) is 10.3 Å². The number of rotatable bonds is 7. The summed E-state index contributed by atoms with van der Waals surface area (Å²) in [5, 5.41) is 15.2. The van der Waals surface area contributed by atoms with Crippen molar-refractivity contribution >= 4 is 29.1 Å². The first-order valence-corrected chi connectivity index (χ1v) is 11.3. The Labute approximate surface area is 193 Å². The summed E-state index contributed by atoms with van der Waals surface area (Å²) in [4.78, 5) is 35.6. The minimum atomic E-state index is -1.01. The highest BCUT2D eigenvalue weighted by Crippen LogP contribution is 2.33. The van der Waals surface area contributed by atoms with Gasteiger partial charge in [-0.3, -0.25) is 14.7 Å². The van der Waals surface area contributed by atoms with Gasteiger partial charge in [0.1, 0.15) is 17.9 Å². The summed E-state index contributed by atoms with van der Waals surface area (Å²) >= 11 is 1.37. The highest BCUT2D eigenvalue weighted by Gasteiger charge is 2.36. The molecule has 0 saturated carbocycles. The van der Waals surface area contributed by atoms with Crippen LogP contribution < -0.4 is 5.32 Å². The first kappa shape index (κ1) is 23.0. The Balaban J connectivity index is 1.80. The molecular weight excluding hydrogens is 451 g/mol. The van der Waals surface area contributed by atoms with E-state index < -0.39 is 29.8 Å². The highest BCUT2D eigenvalue weighted by atomic mass is 32.1. The number of aromatic nitrogens is 1. The van der Waals surface area contributed by atoms with Crippen molar-refractivity contribution in [2.24, 2.45) is 4.99 Å². The Morgan fingerprint density at radius 1 is 1.36 bits per heavy atom. The number of carboxylic acids is 1. The minimum absolute atomic E-state index is 0.0478. The Kier molecular flexibility index (Phi) is 7.11. The average Bonchev–Trinajstić information content (AvgIpc) is 3.34. The molecule has 0 radical (unpaired) electrons. The lowest BCUT2D eigenvalue weighted by atomic mass is 9.95. The molecule has 0 bridgehead atoms. The van der Waals surface area contributed by atoms with Gasteiger partial charge in [-0.05, 0) is 24.6 Å². The van der Waals surface area contributed by atoms with Crippen LogP contribution >= 0.6 is 11.3 Å². The van der Waals surface area contributed by atoms with E-state index in [0.29, 0.717) is 35.3 Å². The maximum absolute atomic E-state index is 13.6. The van der Waals surface area contributed by atoms with E-state index >= 15 is 0 Å². The number of hydrogen-bond acceptors (Lipinski definition) is 9. The number of carbonyl (C=O) groups excluding carboxylic acids is 1. The summed E-state index contributed by atoms with van der Waals surface area (Å²) in [5.41, 5.74) is 1.32. The van der Waals surface area contributed by atoms with Crippen molar-refractivity contribution in [1.29, 1.82) is 0 Å². The van der Waals surface area contributed by atoms with Crippen LogP contribution in [0.4, 0.5) is 4.39 Å². The van der Waals surface area contributed by atoms with E-state index in [4.69, 9.17) is 14.5 Å². The molecule has 4 rings (SSSR count). The SMILES string of the molecule is CCOC(=O)C1=C(CN2CCOC[C@H]2C(=O)O)NC(c2nccs2)=N[C@H]1c1ccc(F)cc1. The fraction of sp³-hybridized carbons (Fsp3) is 0.364. The Hall–Kier alpha value is -3.15. The van der Waals surface area contributed by atoms with E-state index in [9.17, 15) is 19.1 Å². The van der Waals surface area contributed by atoms with Gasteiger partial charge in [0, 0.05) is 30.4 Å². The second-order valence-electron chi connectivity index (χ2n) is 7.41. The van der Waals surface area contributed by atoms with Crippen LogP contribution in [0.5, 0.6) is 0 Å². The molecule has 1 aromatic carbocycles. The van der Waals surface area contributed by atoms with Crippen LogP contribution in [-0.2, 0) is 19.1 Å². The van der Waals surface area contributed by atoms with Gasteiger partial charge in [-0.15, -0.1) is 11.3 Å². The Morgan fingerprint density at radius 3 is 2.82 bits per heavy atom. The molecule has 9 nitrogen and oxygen atoms in total. The number of carboxylic acid groups (broad SMARTS) is 1. The zero-order valence-electron chi connectivity index (χ0n) is 17.9. The number of hydrogen-bond donors (Lipinski definition) is 2. The fourth-order valence-electron chi connectivity index (χ4n) is 3.76. The highest BCUT2D eigenvalue weighted by molar-refractivity contribution is 7.11. The monoisotopic (exact) mass is 474 g/mol. The lowest BCUT2D eigenvalue weighted by Crippen LogP contribution is -2.52. The molecule has 174 valence electrons. The number of ether oxygens (including phenoxy) is 2. The molecule has 33 heavy (non-hydrogen) atoms. The standard InChI is InChI=1S/C22H23FN4O5S/c1-2-32-22(30)17-15(11-27-8-9-31-12-16(27)21(28)29)25-19(20-24-7-10-33-20)26-18(17)13-3-5-14(23)6-4-13/h3-7,10,16,18H,2,8-9,11-12H2,1H3,(H,25,26)(H,28,29)/t16-,18-/m0/s1. The molecule has 2 aliphatic heterocycles. The average molecular weight is 475 g/mol. The van der Waals surface area contributed by atoms with E-state index in [-0.39, 0.29) is 25.3 Å². The van der Waals surface area contributed by atoms with Crippen LogP contribution in [0.3, 0.4) is 0 Å². The summed E-state index contributed by atoms with van der Waals surface area (Å²) < 4.78 is 24.3. The minimum Gasteiger partial charge on any atom is -0.480 e. The van der Waals surface area contributed by atoms with Gasteiger partial charge in [0.15, 0.2) is 10.8 Å². The second-order valence-corrected chi connectivity index (χ2v) is 8.30. The van der Waals surface area contributed by atoms with Gasteiger partial charge in [0.05, 0.1) is 25.4 Å². The van der Waals surface area contributed by atoms with E-state index in [0.717, 1.165) is 0 Å². The number of aliphatic imine (C=N–C) groups is 1. The van der Waals surface area contributed by atoms with Gasteiger partial charge in [-0.2, -0.15) is 0 Å². The third-order valence-electron chi connectivity index (χ3n) is 5.33. The topological polar surface area (TPSA) is 113 Å². The van der Waals surface area contributed by atoms with E-state index in [1.54, 1.807) is 35.5 Å². The van der Waals surface area contributed by atoms with Crippen LogP contribution in [0, 0.1) is 5.82 Å². The zero-order chi connectivity index (χ0) is 23.4. The molecule has 2 atom stereocenters. The van der Waals surface area contributed by atoms with Gasteiger partial charge in [-0.1, -0.05) is 12.1 Å². The maximum atomic E-state index is 13.6. The first-order chi connectivity index (χ1) is 16.0. The number of aliphatic carboxylic acids is 1. The van der Waals surface area contributed by atoms with Crippen LogP contribution in [0.1, 0.15) is 23.5 Å². The molecule has 0 unspecified atom stereocenters. The maximum Gasteiger partial charge on any atom is 0.338 e. The van der Waals surface area contributed by atoms with Crippen molar-refractivity contribution in [3.8, 4) is 0 Å². The molecule has 1 aromatic heterocycles. The normalized spacial score (nSPS) is 21.3. The van der Waals surface area contributed by atoms with Crippen molar-refractivity contribution in [3.63, 3.8) is 0 Å². The molecule has 2 N–H and O–H groups in total. The largest absolute Gasteiger partial charge is 0.480 e. The van der Waals surface area contributed by atoms with Crippen molar-refractivity contribution in [2.75, 3.05) is 32.9 Å². The van der Waals surface area contributed by atoms with Crippen molar-refractivity contribution in [3.05, 3.63) is 63.5 Å². The third-order valence-corrected chi connectivity index (χ3v) is 6.11. The predicted octanol–water partition coefficient (Wildman–Crippen LogP) is 1.98. The number of thiazole rings is 1. The number of nitrogens with zero attached hydrogens (tertiary/aromatic N) is 3. The molecule has 2 aromatic rings. The van der Waals surface area contributed by atoms with Crippen molar-refractivity contribution in [1.82, 2.24) is 15.2 Å². The summed E-state index contributed by atoms with van der Waals surface area (Å²) in [6.07, 6.45) is 1.64. The Morgan fingerprint density at radius 2 is 2.15 bits per heavy atom. The molecule has 11 heteroatoms. The molecule has 1 fully saturated rings. The lowest BCUT2D eigenvalue weighted by molar-refractivity contribution is -0.149. The third kappa shape index (κ3) is 5.10. The summed E-state index contributed by atoms with van der Waals surface area (Å²) in [6, 6.07) is 4.12. The molecule has 0 aliphatic carbocycles. The second kappa shape index (κ2) is 10.2. The number of halogens is 1. The molecule has 2 aliphatic rings. The van der Waals surface area contributed by atoms with Crippen LogP contribution in [0.15, 0.2) is 52.1 Å². The fourth-order valence-corrected chi connectivity index (χ4v) is 4.35. The van der Waals surface area contributed by atoms with Crippen molar-refractivity contribution in [2.45, 2.75) is 19.0 Å². The van der Waals surface area contributed by atoms with Gasteiger partial charge >= 0.3 is 11.9 Å². The molecule has 0 amide bonds. The number of amidine groups is 1. The number of esters is 1. The summed E-state index contributed by atoms with van der Waals surface area (Å²) in [6.45, 7) is 2.80. The Bertz CT molecular complexity index is 1070. The molecule has 3 heterocycles. The number of nitrogens with one attached hydrogen (secondary N) is 1. The molecule has 1 saturated heterocycles. The van der Waals surface area contributed by atoms with Gasteiger partial charge < -0.3 is 19.9 Å². The summed E-state index contributed by atoms with van der Waals surface area (Å²) in [5.74, 6) is -1.54. The lowest BCUT2D eigenvalue weighted by Gasteiger charge is -2.35. The summed E-state index contributed by atoms with van der Waals surface area (Å²) in [7, 11) is 0.